The van der Waals surface area contributed by atoms with E-state index in [9.17, 15) is 9.90 Å². The Morgan fingerprint density at radius 2 is 1.93 bits per heavy atom. The van der Waals surface area contributed by atoms with Crippen molar-refractivity contribution < 1.29 is 39.5 Å². The summed E-state index contributed by atoms with van der Waals surface area (Å²) in [5.41, 5.74) is 2.18. The molecule has 0 fully saturated rings. The second-order valence-corrected chi connectivity index (χ2v) is 3.48. The number of hydrogen-bond acceptors (Lipinski definition) is 2. The molecule has 1 aliphatic rings. The summed E-state index contributed by atoms with van der Waals surface area (Å²) in [5.74, 6) is -0.0897. The molecule has 2 rings (SSSR count). The third kappa shape index (κ3) is 2.51. The van der Waals surface area contributed by atoms with Gasteiger partial charge in [-0.1, -0.05) is 24.3 Å². The first-order valence-corrected chi connectivity index (χ1v) is 4.76. The summed E-state index contributed by atoms with van der Waals surface area (Å²) in [4.78, 5) is 11.8. The Hall–Kier alpha value is -0.570. The molecule has 0 radical (unpaired) electrons. The summed E-state index contributed by atoms with van der Waals surface area (Å²) in [6, 6.07) is 7.52. The van der Waals surface area contributed by atoms with Gasteiger partial charge in [0.15, 0.2) is 5.78 Å². The number of allylic oxidation sites excluding steroid dienone is 1. The molecule has 0 amide bonds. The van der Waals surface area contributed by atoms with E-state index in [1.165, 1.54) is 0 Å². The van der Waals surface area contributed by atoms with Crippen LogP contribution in [-0.4, -0.2) is 5.78 Å². The number of fused-ring (bicyclic) bond motifs is 1. The average Bonchev–Trinajstić information content (AvgIpc) is 2.39. The van der Waals surface area contributed by atoms with Gasteiger partial charge in [0.05, 0.1) is 0 Å². The Morgan fingerprint density at radius 1 is 1.20 bits per heavy atom. The zero-order chi connectivity index (χ0) is 9.97. The Bertz CT molecular complexity index is 396. The van der Waals surface area contributed by atoms with Crippen LogP contribution in [0.4, 0.5) is 0 Å². The summed E-state index contributed by atoms with van der Waals surface area (Å²) < 4.78 is 0. The zero-order valence-electron chi connectivity index (χ0n) is 8.82. The third-order valence-electron chi connectivity index (χ3n) is 2.59. The molecule has 1 aromatic rings. The van der Waals surface area contributed by atoms with E-state index in [4.69, 9.17) is 0 Å². The number of benzene rings is 1. The number of aryl methyl sites for hydroxylation is 1. The minimum Gasteiger partial charge on any atom is -0.878 e. The summed E-state index contributed by atoms with van der Waals surface area (Å²) in [6.45, 7) is 0. The first-order chi connectivity index (χ1) is 6.83. The Balaban J connectivity index is 0.00000112. The predicted molar refractivity (Wildman–Crippen MR) is 51.8 cm³/mol. The quantitative estimate of drug-likeness (QED) is 0.225. The molecule has 0 aromatic heterocycles. The van der Waals surface area contributed by atoms with Gasteiger partial charge in [-0.2, -0.15) is 0 Å². The van der Waals surface area contributed by atoms with Crippen LogP contribution in [0, 0.1) is 0 Å². The minimum atomic E-state index is -0.0897. The standard InChI is InChI=1S/C12H12O2.Na/c13-8-10-6-3-5-9-4-1-2-7-11(9)12(10)14;/h1-2,4,7-8,13H,3,5-6H2;/q;+1/p-1/b10-8-;. The van der Waals surface area contributed by atoms with Gasteiger partial charge in [-0.3, -0.25) is 4.79 Å². The van der Waals surface area contributed by atoms with Crippen molar-refractivity contribution in [1.29, 1.82) is 0 Å². The van der Waals surface area contributed by atoms with Crippen LogP contribution < -0.4 is 34.7 Å². The van der Waals surface area contributed by atoms with Crippen molar-refractivity contribution in [2.24, 2.45) is 0 Å². The molecule has 0 bridgehead atoms. The largest absolute Gasteiger partial charge is 1.00 e. The van der Waals surface area contributed by atoms with Crippen LogP contribution in [0.25, 0.3) is 0 Å². The van der Waals surface area contributed by atoms with Gasteiger partial charge in [-0.15, -0.1) is 6.26 Å². The van der Waals surface area contributed by atoms with Gasteiger partial charge in [0.2, 0.25) is 0 Å². The summed E-state index contributed by atoms with van der Waals surface area (Å²) in [5, 5.41) is 10.7. The molecule has 1 aromatic carbocycles. The van der Waals surface area contributed by atoms with Gasteiger partial charge in [0.1, 0.15) is 0 Å². The molecule has 1 aliphatic carbocycles. The van der Waals surface area contributed by atoms with E-state index in [1.807, 2.05) is 18.2 Å². The van der Waals surface area contributed by atoms with Crippen LogP contribution >= 0.6 is 0 Å². The van der Waals surface area contributed by atoms with Gasteiger partial charge in [-0.25, -0.2) is 0 Å². The van der Waals surface area contributed by atoms with Gasteiger partial charge in [0.25, 0.3) is 0 Å². The molecule has 15 heavy (non-hydrogen) atoms. The van der Waals surface area contributed by atoms with Crippen molar-refractivity contribution in [1.82, 2.24) is 0 Å². The van der Waals surface area contributed by atoms with Crippen LogP contribution in [0.5, 0.6) is 0 Å². The van der Waals surface area contributed by atoms with Gasteiger partial charge < -0.3 is 5.11 Å². The zero-order valence-corrected chi connectivity index (χ0v) is 10.8. The molecule has 72 valence electrons. The molecule has 0 spiro atoms. The maximum atomic E-state index is 11.8. The Morgan fingerprint density at radius 3 is 2.67 bits per heavy atom. The maximum absolute atomic E-state index is 11.8. The van der Waals surface area contributed by atoms with Crippen LogP contribution in [0.2, 0.25) is 0 Å². The van der Waals surface area contributed by atoms with Gasteiger partial charge >= 0.3 is 29.6 Å². The van der Waals surface area contributed by atoms with E-state index in [0.29, 0.717) is 23.8 Å². The molecular formula is C12H11NaO2. The van der Waals surface area contributed by atoms with Crippen LogP contribution in [0.15, 0.2) is 36.1 Å². The maximum Gasteiger partial charge on any atom is 1.00 e. The third-order valence-corrected chi connectivity index (χ3v) is 2.59. The van der Waals surface area contributed by atoms with E-state index >= 15 is 0 Å². The first kappa shape index (κ1) is 12.5. The average molecular weight is 210 g/mol. The fourth-order valence-corrected chi connectivity index (χ4v) is 1.83. The molecule has 3 heteroatoms. The van der Waals surface area contributed by atoms with E-state index in [-0.39, 0.29) is 35.3 Å². The van der Waals surface area contributed by atoms with Gasteiger partial charge in [0, 0.05) is 5.56 Å². The number of rotatable bonds is 0. The van der Waals surface area contributed by atoms with Crippen molar-refractivity contribution in [3.8, 4) is 0 Å². The molecular weight excluding hydrogens is 199 g/mol. The normalized spacial score (nSPS) is 17.9. The molecule has 0 saturated heterocycles. The Labute approximate surface area is 111 Å². The van der Waals surface area contributed by atoms with Crippen molar-refractivity contribution in [3.05, 3.63) is 47.2 Å². The van der Waals surface area contributed by atoms with Crippen molar-refractivity contribution in [2.75, 3.05) is 0 Å². The van der Waals surface area contributed by atoms with E-state index < -0.39 is 0 Å². The first-order valence-electron chi connectivity index (χ1n) is 4.76. The van der Waals surface area contributed by atoms with E-state index in [2.05, 4.69) is 0 Å². The predicted octanol–water partition coefficient (Wildman–Crippen LogP) is -1.55. The minimum absolute atomic E-state index is 0. The van der Waals surface area contributed by atoms with Gasteiger partial charge in [-0.05, 0) is 30.4 Å². The second kappa shape index (κ2) is 5.50. The van der Waals surface area contributed by atoms with Crippen LogP contribution in [0.3, 0.4) is 0 Å². The fourth-order valence-electron chi connectivity index (χ4n) is 1.83. The van der Waals surface area contributed by atoms with E-state index in [1.54, 1.807) is 6.07 Å². The van der Waals surface area contributed by atoms with Crippen molar-refractivity contribution in [2.45, 2.75) is 19.3 Å². The summed E-state index contributed by atoms with van der Waals surface area (Å²) >= 11 is 0. The van der Waals surface area contributed by atoms with E-state index in [0.717, 1.165) is 18.4 Å². The molecule has 2 nitrogen and oxygen atoms in total. The molecule has 0 N–H and O–H groups in total. The molecule has 0 atom stereocenters. The monoisotopic (exact) mass is 210 g/mol. The van der Waals surface area contributed by atoms with Crippen LogP contribution in [-0.2, 0) is 6.42 Å². The smallest absolute Gasteiger partial charge is 0.878 e. The molecule has 0 saturated carbocycles. The molecule has 0 aliphatic heterocycles. The summed E-state index contributed by atoms with van der Waals surface area (Å²) in [6.07, 6.45) is 3.08. The SMILES string of the molecule is O=C1/C(=C\[O-])CCCc2ccccc21.[Na+]. The number of carbonyl (C=O) groups is 1. The van der Waals surface area contributed by atoms with Crippen LogP contribution in [0.1, 0.15) is 28.8 Å². The fraction of sp³-hybridized carbons (Fsp3) is 0.250. The number of hydrogen-bond donors (Lipinski definition) is 0. The van der Waals surface area contributed by atoms with Crippen molar-refractivity contribution >= 4 is 5.78 Å². The molecule has 0 unspecified atom stereocenters. The number of carbonyl (C=O) groups excluding carboxylic acids is 1. The number of Topliss-reactive ketones (excluding diaryl/α,β-unsaturated/α-hetero) is 1. The number of ketones is 1. The Kier molecular flexibility index (Phi) is 4.58. The topological polar surface area (TPSA) is 40.1 Å². The second-order valence-electron chi connectivity index (χ2n) is 3.48. The summed E-state index contributed by atoms with van der Waals surface area (Å²) in [7, 11) is 0. The molecule has 0 heterocycles. The van der Waals surface area contributed by atoms with Crippen molar-refractivity contribution in [3.63, 3.8) is 0 Å².